The largest absolute Gasteiger partial charge is 0.370 e. The van der Waals surface area contributed by atoms with E-state index in [1.165, 1.54) is 19.3 Å². The van der Waals surface area contributed by atoms with Crippen molar-refractivity contribution in [2.24, 2.45) is 5.92 Å². The van der Waals surface area contributed by atoms with Gasteiger partial charge in [-0.25, -0.2) is 0 Å². The Bertz CT molecular complexity index is 680. The molecule has 1 aromatic rings. The fraction of sp³-hybridized carbons (Fsp3) is 0.682. The Labute approximate surface area is 167 Å². The number of nitrogens with one attached hydrogen (secondary N) is 1. The van der Waals surface area contributed by atoms with Crippen molar-refractivity contribution < 1.29 is 14.3 Å². The van der Waals surface area contributed by atoms with Crippen LogP contribution < -0.4 is 5.32 Å². The molecule has 2 saturated heterocycles. The third-order valence-electron chi connectivity index (χ3n) is 6.71. The Morgan fingerprint density at radius 1 is 1.07 bits per heavy atom. The van der Waals surface area contributed by atoms with E-state index in [2.05, 4.69) is 10.3 Å². The second kappa shape index (κ2) is 8.60. The first-order valence-electron chi connectivity index (χ1n) is 10.8. The van der Waals surface area contributed by atoms with Crippen molar-refractivity contribution >= 4 is 11.8 Å². The maximum Gasteiger partial charge on any atom is 0.253 e. The number of ether oxygens (including phenoxy) is 1. The molecule has 2 aliphatic heterocycles. The summed E-state index contributed by atoms with van der Waals surface area (Å²) in [6, 6.07) is 3.54. The van der Waals surface area contributed by atoms with E-state index in [0.29, 0.717) is 12.1 Å². The topological polar surface area (TPSA) is 71.5 Å². The second-order valence-corrected chi connectivity index (χ2v) is 8.57. The molecular weight excluding hydrogens is 354 g/mol. The van der Waals surface area contributed by atoms with Gasteiger partial charge in [-0.3, -0.25) is 14.6 Å². The number of rotatable bonds is 4. The summed E-state index contributed by atoms with van der Waals surface area (Å²) in [5, 5.41) is 3.13. The van der Waals surface area contributed by atoms with Crippen LogP contribution in [0.1, 0.15) is 68.1 Å². The summed E-state index contributed by atoms with van der Waals surface area (Å²) in [5.41, 5.74) is 0.580. The van der Waals surface area contributed by atoms with E-state index in [1.807, 2.05) is 4.90 Å². The van der Waals surface area contributed by atoms with Gasteiger partial charge in [0.1, 0.15) is 0 Å². The molecule has 0 aromatic carbocycles. The number of piperidine rings is 1. The predicted molar refractivity (Wildman–Crippen MR) is 106 cm³/mol. The average molecular weight is 386 g/mol. The van der Waals surface area contributed by atoms with Gasteiger partial charge in [0.05, 0.1) is 11.7 Å². The van der Waals surface area contributed by atoms with Gasteiger partial charge in [-0.05, 0) is 50.7 Å². The number of hydrogen-bond donors (Lipinski definition) is 1. The van der Waals surface area contributed by atoms with Crippen LogP contribution in [0.2, 0.25) is 0 Å². The van der Waals surface area contributed by atoms with Gasteiger partial charge < -0.3 is 15.0 Å². The summed E-state index contributed by atoms with van der Waals surface area (Å²) < 4.78 is 6.40. The van der Waals surface area contributed by atoms with Gasteiger partial charge in [0.15, 0.2) is 0 Å². The van der Waals surface area contributed by atoms with Crippen LogP contribution in [0.3, 0.4) is 0 Å². The highest BCUT2D eigenvalue weighted by atomic mass is 16.5. The fourth-order valence-electron chi connectivity index (χ4n) is 4.92. The zero-order valence-corrected chi connectivity index (χ0v) is 16.6. The molecule has 1 saturated carbocycles. The molecule has 6 heteroatoms. The SMILES string of the molecule is O=C(NC[C@@H]1CCC2(CCN(C(=O)c3ccncc3)CC2)O1)C1CCCCC1. The molecule has 3 heterocycles. The third-order valence-corrected chi connectivity index (χ3v) is 6.71. The summed E-state index contributed by atoms with van der Waals surface area (Å²) >= 11 is 0. The molecule has 0 bridgehead atoms. The molecule has 1 aliphatic carbocycles. The fourth-order valence-corrected chi connectivity index (χ4v) is 4.92. The van der Waals surface area contributed by atoms with Crippen LogP contribution in [0.4, 0.5) is 0 Å². The highest BCUT2D eigenvalue weighted by molar-refractivity contribution is 5.94. The predicted octanol–water partition coefficient (Wildman–Crippen LogP) is 2.93. The zero-order valence-electron chi connectivity index (χ0n) is 16.6. The molecule has 1 N–H and O–H groups in total. The average Bonchev–Trinajstić information content (AvgIpc) is 3.16. The number of nitrogens with zero attached hydrogens (tertiary/aromatic N) is 2. The highest BCUT2D eigenvalue weighted by Crippen LogP contribution is 2.39. The number of hydrogen-bond acceptors (Lipinski definition) is 4. The molecule has 1 atom stereocenters. The molecule has 0 unspecified atom stereocenters. The lowest BCUT2D eigenvalue weighted by Crippen LogP contribution is -2.47. The van der Waals surface area contributed by atoms with E-state index in [9.17, 15) is 9.59 Å². The summed E-state index contributed by atoms with van der Waals surface area (Å²) in [5.74, 6) is 0.486. The lowest BCUT2D eigenvalue weighted by Gasteiger charge is -2.39. The van der Waals surface area contributed by atoms with Crippen LogP contribution >= 0.6 is 0 Å². The molecule has 28 heavy (non-hydrogen) atoms. The van der Waals surface area contributed by atoms with E-state index in [0.717, 1.165) is 51.6 Å². The minimum absolute atomic E-state index is 0.0755. The van der Waals surface area contributed by atoms with Crippen molar-refractivity contribution in [3.8, 4) is 0 Å². The number of pyridine rings is 1. The lowest BCUT2D eigenvalue weighted by atomic mass is 9.88. The molecule has 1 spiro atoms. The highest BCUT2D eigenvalue weighted by Gasteiger charge is 2.43. The minimum Gasteiger partial charge on any atom is -0.370 e. The van der Waals surface area contributed by atoms with Gasteiger partial charge in [-0.1, -0.05) is 19.3 Å². The quantitative estimate of drug-likeness (QED) is 0.865. The van der Waals surface area contributed by atoms with Crippen LogP contribution in [0, 0.1) is 5.92 Å². The van der Waals surface area contributed by atoms with E-state index in [1.54, 1.807) is 24.5 Å². The number of aromatic nitrogens is 1. The van der Waals surface area contributed by atoms with E-state index < -0.39 is 0 Å². The lowest BCUT2D eigenvalue weighted by molar-refractivity contribution is -0.127. The normalized spacial score (nSPS) is 25.0. The third kappa shape index (κ3) is 4.37. The van der Waals surface area contributed by atoms with Crippen molar-refractivity contribution in [2.45, 2.75) is 69.5 Å². The number of amides is 2. The van der Waals surface area contributed by atoms with Crippen LogP contribution in [-0.2, 0) is 9.53 Å². The molecule has 6 nitrogen and oxygen atoms in total. The van der Waals surface area contributed by atoms with Crippen molar-refractivity contribution in [3.63, 3.8) is 0 Å². The van der Waals surface area contributed by atoms with E-state index >= 15 is 0 Å². The molecule has 0 radical (unpaired) electrons. The zero-order chi connectivity index (χ0) is 19.4. The molecular formula is C22H31N3O3. The maximum absolute atomic E-state index is 12.6. The van der Waals surface area contributed by atoms with Crippen LogP contribution in [-0.4, -0.2) is 53.0 Å². The smallest absolute Gasteiger partial charge is 0.253 e. The molecule has 3 fully saturated rings. The van der Waals surface area contributed by atoms with E-state index in [4.69, 9.17) is 4.74 Å². The molecule has 2 amide bonds. The van der Waals surface area contributed by atoms with Gasteiger partial charge in [-0.2, -0.15) is 0 Å². The summed E-state index contributed by atoms with van der Waals surface area (Å²) in [7, 11) is 0. The van der Waals surface area contributed by atoms with Crippen molar-refractivity contribution in [3.05, 3.63) is 30.1 Å². The van der Waals surface area contributed by atoms with Crippen LogP contribution in [0.25, 0.3) is 0 Å². The molecule has 152 valence electrons. The van der Waals surface area contributed by atoms with Crippen LogP contribution in [0.15, 0.2) is 24.5 Å². The van der Waals surface area contributed by atoms with E-state index in [-0.39, 0.29) is 29.4 Å². The Balaban J connectivity index is 1.23. The van der Waals surface area contributed by atoms with Gasteiger partial charge in [0.25, 0.3) is 5.91 Å². The summed E-state index contributed by atoms with van der Waals surface area (Å²) in [6.07, 6.45) is 12.9. The Hall–Kier alpha value is -1.95. The molecule has 1 aromatic heterocycles. The van der Waals surface area contributed by atoms with Gasteiger partial charge >= 0.3 is 0 Å². The monoisotopic (exact) mass is 385 g/mol. The Morgan fingerprint density at radius 3 is 2.50 bits per heavy atom. The first-order chi connectivity index (χ1) is 13.7. The standard InChI is InChI=1S/C22H31N3O3/c26-20(17-4-2-1-3-5-17)24-16-19-6-9-22(28-19)10-14-25(15-11-22)21(27)18-7-12-23-13-8-18/h7-8,12-13,17,19H,1-6,9-11,14-16H2,(H,24,26)/t19-/m0/s1. The number of carbonyl (C=O) groups is 2. The summed E-state index contributed by atoms with van der Waals surface area (Å²) in [6.45, 7) is 2.07. The van der Waals surface area contributed by atoms with Gasteiger partial charge in [0, 0.05) is 43.5 Å². The van der Waals surface area contributed by atoms with Crippen molar-refractivity contribution in [2.75, 3.05) is 19.6 Å². The minimum atomic E-state index is -0.116. The molecule has 4 rings (SSSR count). The number of carbonyl (C=O) groups excluding carboxylic acids is 2. The first kappa shape index (κ1) is 19.4. The van der Waals surface area contributed by atoms with Crippen molar-refractivity contribution in [1.82, 2.24) is 15.2 Å². The van der Waals surface area contributed by atoms with Crippen LogP contribution in [0.5, 0.6) is 0 Å². The maximum atomic E-state index is 12.6. The van der Waals surface area contributed by atoms with Gasteiger partial charge in [-0.15, -0.1) is 0 Å². The Morgan fingerprint density at radius 2 is 1.79 bits per heavy atom. The van der Waals surface area contributed by atoms with Crippen molar-refractivity contribution in [1.29, 1.82) is 0 Å². The summed E-state index contributed by atoms with van der Waals surface area (Å²) in [4.78, 5) is 30.9. The van der Waals surface area contributed by atoms with Gasteiger partial charge in [0.2, 0.25) is 5.91 Å². The Kier molecular flexibility index (Phi) is 5.95. The second-order valence-electron chi connectivity index (χ2n) is 8.57. The number of likely N-dealkylation sites (tertiary alicyclic amines) is 1. The first-order valence-corrected chi connectivity index (χ1v) is 10.8. The molecule has 3 aliphatic rings.